The number of hydrogen-bond acceptors (Lipinski definition) is 1. The molecule has 3 heteroatoms. The van der Waals surface area contributed by atoms with Gasteiger partial charge in [0.1, 0.15) is 0 Å². The quantitative estimate of drug-likeness (QED) is 0.687. The highest BCUT2D eigenvalue weighted by molar-refractivity contribution is 8.02. The third-order valence-corrected chi connectivity index (χ3v) is 4.00. The van der Waals surface area contributed by atoms with Gasteiger partial charge in [0.15, 0.2) is 0 Å². The van der Waals surface area contributed by atoms with Gasteiger partial charge in [-0.1, -0.05) is 19.9 Å². The molecule has 0 aliphatic heterocycles. The molecule has 1 aromatic rings. The summed E-state index contributed by atoms with van der Waals surface area (Å²) in [6.45, 7) is 7.64. The van der Waals surface area contributed by atoms with Crippen LogP contribution in [0.4, 0.5) is 0 Å². The number of aromatic nitrogens is 1. The van der Waals surface area contributed by atoms with E-state index in [-0.39, 0.29) is 0 Å². The van der Waals surface area contributed by atoms with E-state index in [0.29, 0.717) is 5.92 Å². The smallest absolute Gasteiger partial charge is 0.0662 e. The van der Waals surface area contributed by atoms with Gasteiger partial charge in [0.05, 0.1) is 5.44 Å². The number of rotatable bonds is 2. The molecule has 13 heavy (non-hydrogen) atoms. The standard InChI is InChI=1S/C10H17NP2/c1-8(2)9-6-5-7-10(11-9)13(3,4)12/h5-8,12H,1-4H3. The summed E-state index contributed by atoms with van der Waals surface area (Å²) >= 11 is 0. The fourth-order valence-corrected chi connectivity index (χ4v) is 2.27. The van der Waals surface area contributed by atoms with Gasteiger partial charge < -0.3 is 0 Å². The Morgan fingerprint density at radius 1 is 1.31 bits per heavy atom. The Morgan fingerprint density at radius 3 is 2.38 bits per heavy atom. The van der Waals surface area contributed by atoms with Crippen LogP contribution >= 0.6 is 15.1 Å². The molecule has 0 unspecified atom stereocenters. The number of hydrogen-bond donors (Lipinski definition) is 0. The Kier molecular flexibility index (Phi) is 3.33. The first-order chi connectivity index (χ1) is 5.91. The summed E-state index contributed by atoms with van der Waals surface area (Å²) in [6, 6.07) is 6.29. The summed E-state index contributed by atoms with van der Waals surface area (Å²) < 4.78 is 0. The second kappa shape index (κ2) is 3.95. The zero-order chi connectivity index (χ0) is 10.1. The second-order valence-corrected chi connectivity index (χ2v) is 10.7. The third kappa shape index (κ3) is 2.93. The van der Waals surface area contributed by atoms with E-state index in [1.807, 2.05) is 0 Å². The Labute approximate surface area is 83.0 Å². The van der Waals surface area contributed by atoms with Crippen LogP contribution in [0.3, 0.4) is 0 Å². The average Bonchev–Trinajstić information content (AvgIpc) is 2.03. The molecule has 1 heterocycles. The summed E-state index contributed by atoms with van der Waals surface area (Å²) in [6.07, 6.45) is 0. The van der Waals surface area contributed by atoms with Crippen LogP contribution in [-0.2, 0) is 0 Å². The van der Waals surface area contributed by atoms with Gasteiger partial charge in [-0.15, -0.1) is 8.53 Å². The molecule has 1 aromatic heterocycles. The highest BCUT2D eigenvalue weighted by Crippen LogP contribution is 2.40. The fraction of sp³-hybridized carbons (Fsp3) is 0.500. The topological polar surface area (TPSA) is 12.9 Å². The Balaban J connectivity index is 3.13. The SMILES string of the molecule is CC(C)c1cccc(P(C)(C)=P)n1. The summed E-state index contributed by atoms with van der Waals surface area (Å²) in [7, 11) is 3.77. The summed E-state index contributed by atoms with van der Waals surface area (Å²) in [5.74, 6) is 0.512. The van der Waals surface area contributed by atoms with Crippen LogP contribution in [0, 0.1) is 0 Å². The summed E-state index contributed by atoms with van der Waals surface area (Å²) in [4.78, 5) is 4.64. The predicted molar refractivity (Wildman–Crippen MR) is 65.0 cm³/mol. The molecule has 0 spiro atoms. The van der Waals surface area contributed by atoms with Gasteiger partial charge in [-0.3, -0.25) is 4.98 Å². The minimum Gasteiger partial charge on any atom is -0.253 e. The highest BCUT2D eigenvalue weighted by Gasteiger charge is 2.08. The van der Waals surface area contributed by atoms with E-state index in [1.165, 1.54) is 11.1 Å². The maximum atomic E-state index is 4.64. The third-order valence-electron chi connectivity index (χ3n) is 1.92. The highest BCUT2D eigenvalue weighted by atomic mass is 31.8. The lowest BCUT2D eigenvalue weighted by molar-refractivity contribution is 0.827. The first-order valence-corrected chi connectivity index (χ1v) is 8.50. The Morgan fingerprint density at radius 2 is 1.92 bits per heavy atom. The molecule has 0 fully saturated rings. The van der Waals surface area contributed by atoms with Crippen LogP contribution in [0.2, 0.25) is 0 Å². The number of pyridine rings is 1. The van der Waals surface area contributed by atoms with E-state index in [2.05, 4.69) is 58.9 Å². The van der Waals surface area contributed by atoms with Crippen LogP contribution in [0.1, 0.15) is 25.5 Å². The Hall–Kier alpha value is -0.120. The van der Waals surface area contributed by atoms with Crippen molar-refractivity contribution in [2.45, 2.75) is 19.8 Å². The van der Waals surface area contributed by atoms with Crippen LogP contribution in [0.15, 0.2) is 18.2 Å². The molecule has 0 atom stereocenters. The molecule has 0 aliphatic carbocycles. The average molecular weight is 213 g/mol. The molecular weight excluding hydrogens is 196 g/mol. The minimum absolute atomic E-state index is 0.512. The molecule has 0 aromatic carbocycles. The lowest BCUT2D eigenvalue weighted by Crippen LogP contribution is -2.09. The molecule has 72 valence electrons. The largest absolute Gasteiger partial charge is 0.253 e. The first-order valence-electron chi connectivity index (χ1n) is 4.48. The molecule has 0 bridgehead atoms. The maximum absolute atomic E-state index is 4.64. The molecule has 0 aliphatic rings. The monoisotopic (exact) mass is 213 g/mol. The van der Waals surface area contributed by atoms with Crippen molar-refractivity contribution in [3.8, 4) is 0 Å². The van der Waals surface area contributed by atoms with Crippen LogP contribution < -0.4 is 5.44 Å². The lowest BCUT2D eigenvalue weighted by atomic mass is 10.1. The van der Waals surface area contributed by atoms with Gasteiger partial charge in [-0.05, 0) is 37.9 Å². The first kappa shape index (κ1) is 11.0. The van der Waals surface area contributed by atoms with Crippen LogP contribution in [-0.4, -0.2) is 18.3 Å². The Bertz CT molecular complexity index is 339. The van der Waals surface area contributed by atoms with Crippen molar-refractivity contribution in [1.29, 1.82) is 0 Å². The summed E-state index contributed by atoms with van der Waals surface area (Å²) in [5, 5.41) is 0. The van der Waals surface area contributed by atoms with Gasteiger partial charge in [0, 0.05) is 5.69 Å². The molecule has 0 N–H and O–H groups in total. The lowest BCUT2D eigenvalue weighted by Gasteiger charge is -2.13. The van der Waals surface area contributed by atoms with Gasteiger partial charge in [-0.2, -0.15) is 0 Å². The van der Waals surface area contributed by atoms with Crippen molar-refractivity contribution in [2.24, 2.45) is 0 Å². The van der Waals surface area contributed by atoms with Gasteiger partial charge in [-0.25, -0.2) is 0 Å². The molecular formula is C10H17NP2. The van der Waals surface area contributed by atoms with Gasteiger partial charge in [0.2, 0.25) is 0 Å². The van der Waals surface area contributed by atoms with Crippen molar-refractivity contribution in [1.82, 2.24) is 4.98 Å². The van der Waals surface area contributed by atoms with Crippen molar-refractivity contribution in [3.63, 3.8) is 0 Å². The maximum Gasteiger partial charge on any atom is 0.0662 e. The molecule has 0 saturated carbocycles. The van der Waals surface area contributed by atoms with Gasteiger partial charge >= 0.3 is 0 Å². The van der Waals surface area contributed by atoms with Crippen molar-refractivity contribution >= 4 is 20.5 Å². The summed E-state index contributed by atoms with van der Waals surface area (Å²) in [5.41, 5.74) is 2.39. The molecule has 1 rings (SSSR count). The molecule has 0 radical (unpaired) electrons. The normalized spacial score (nSPS) is 12.1. The predicted octanol–water partition coefficient (Wildman–Crippen LogP) is 3.17. The molecule has 1 nitrogen and oxygen atoms in total. The van der Waals surface area contributed by atoms with Gasteiger partial charge in [0.25, 0.3) is 0 Å². The van der Waals surface area contributed by atoms with Crippen LogP contribution in [0.25, 0.3) is 0 Å². The van der Waals surface area contributed by atoms with Crippen molar-refractivity contribution < 1.29 is 0 Å². The van der Waals surface area contributed by atoms with Crippen LogP contribution in [0.5, 0.6) is 0 Å². The minimum atomic E-state index is -1.14. The van der Waals surface area contributed by atoms with Crippen molar-refractivity contribution in [2.75, 3.05) is 13.3 Å². The molecule has 0 saturated heterocycles. The van der Waals surface area contributed by atoms with E-state index in [1.54, 1.807) is 0 Å². The van der Waals surface area contributed by atoms with E-state index in [4.69, 9.17) is 0 Å². The van der Waals surface area contributed by atoms with E-state index < -0.39 is 6.55 Å². The van der Waals surface area contributed by atoms with E-state index >= 15 is 0 Å². The second-order valence-electron chi connectivity index (χ2n) is 4.03. The zero-order valence-corrected chi connectivity index (χ0v) is 10.6. The van der Waals surface area contributed by atoms with E-state index in [0.717, 1.165) is 0 Å². The zero-order valence-electron chi connectivity index (χ0n) is 8.70. The fourth-order valence-electron chi connectivity index (χ4n) is 1.07. The molecule has 0 amide bonds. The van der Waals surface area contributed by atoms with Crippen molar-refractivity contribution in [3.05, 3.63) is 23.9 Å². The number of nitrogens with zero attached hydrogens (tertiary/aromatic N) is 1. The van der Waals surface area contributed by atoms with E-state index in [9.17, 15) is 0 Å².